The fourth-order valence-corrected chi connectivity index (χ4v) is 1.94. The molecular weight excluding hydrogens is 386 g/mol. The molecule has 0 heterocycles. The van der Waals surface area contributed by atoms with Crippen molar-refractivity contribution in [1.82, 2.24) is 5.32 Å². The molecule has 150 valence electrons. The molecule has 0 aliphatic carbocycles. The van der Waals surface area contributed by atoms with E-state index < -0.39 is 59.0 Å². The van der Waals surface area contributed by atoms with Crippen molar-refractivity contribution < 1.29 is 45.5 Å². The van der Waals surface area contributed by atoms with Crippen LogP contribution in [0.15, 0.2) is 18.2 Å². The molecule has 1 aromatic rings. The highest BCUT2D eigenvalue weighted by Gasteiger charge is 2.38. The summed E-state index contributed by atoms with van der Waals surface area (Å²) in [4.78, 5) is 34.5. The lowest BCUT2D eigenvalue weighted by molar-refractivity contribution is -0.143. The summed E-state index contributed by atoms with van der Waals surface area (Å²) in [5.41, 5.74) is 0.255. The molecule has 0 saturated carbocycles. The first-order valence-electron chi connectivity index (χ1n) is 7.23. The molecule has 6 nitrogen and oxygen atoms in total. The van der Waals surface area contributed by atoms with E-state index in [-0.39, 0.29) is 18.2 Å². The van der Waals surface area contributed by atoms with Crippen LogP contribution in [0.1, 0.15) is 35.3 Å². The first-order chi connectivity index (χ1) is 12.1. The Kier molecular flexibility index (Phi) is 6.46. The van der Waals surface area contributed by atoms with E-state index in [0.717, 1.165) is 0 Å². The number of carbonyl (C=O) groups excluding carboxylic acids is 3. The highest BCUT2D eigenvalue weighted by Crippen LogP contribution is 2.36. The van der Waals surface area contributed by atoms with Gasteiger partial charge in [-0.15, -0.1) is 0 Å². The summed E-state index contributed by atoms with van der Waals surface area (Å²) in [7, 11) is 0. The number of halogens is 6. The van der Waals surface area contributed by atoms with Crippen molar-refractivity contribution in [1.29, 1.82) is 0 Å². The molecule has 1 aromatic carbocycles. The number of urea groups is 1. The van der Waals surface area contributed by atoms with Gasteiger partial charge >= 0.3 is 24.4 Å². The minimum atomic E-state index is -5.16. The quantitative estimate of drug-likeness (QED) is 0.599. The molecule has 1 atom stereocenters. The van der Waals surface area contributed by atoms with E-state index in [9.17, 15) is 40.7 Å². The van der Waals surface area contributed by atoms with Gasteiger partial charge in [-0.2, -0.15) is 26.3 Å². The molecular formula is C15H14F6N2O4. The van der Waals surface area contributed by atoms with Gasteiger partial charge in [-0.1, -0.05) is 13.8 Å². The SMILES string of the molecule is CC(C)[C@H](OC(=O)c1cc(C(F)(F)F)cc(C(F)(F)F)c1)C(=O)NC(N)=O. The summed E-state index contributed by atoms with van der Waals surface area (Å²) in [6.45, 7) is 2.73. The third kappa shape index (κ3) is 6.15. The van der Waals surface area contributed by atoms with Gasteiger partial charge < -0.3 is 10.5 Å². The molecule has 3 amide bonds. The van der Waals surface area contributed by atoms with Crippen LogP contribution in [0.5, 0.6) is 0 Å². The number of hydrogen-bond acceptors (Lipinski definition) is 4. The minimum absolute atomic E-state index is 0.156. The Morgan fingerprint density at radius 1 is 0.963 bits per heavy atom. The van der Waals surface area contributed by atoms with Crippen molar-refractivity contribution in [2.45, 2.75) is 32.3 Å². The molecule has 0 aliphatic rings. The Morgan fingerprint density at radius 2 is 1.41 bits per heavy atom. The van der Waals surface area contributed by atoms with Crippen molar-refractivity contribution in [3.63, 3.8) is 0 Å². The average Bonchev–Trinajstić information content (AvgIpc) is 2.49. The van der Waals surface area contributed by atoms with Crippen LogP contribution in [0.25, 0.3) is 0 Å². The predicted molar refractivity (Wildman–Crippen MR) is 78.2 cm³/mol. The maximum Gasteiger partial charge on any atom is 0.416 e. The van der Waals surface area contributed by atoms with Crippen LogP contribution in [0, 0.1) is 5.92 Å². The van der Waals surface area contributed by atoms with E-state index in [1.54, 1.807) is 5.32 Å². The Hall–Kier alpha value is -2.79. The van der Waals surface area contributed by atoms with Crippen molar-refractivity contribution >= 4 is 17.9 Å². The Balaban J connectivity index is 3.28. The lowest BCUT2D eigenvalue weighted by Crippen LogP contribution is -2.45. The fourth-order valence-electron chi connectivity index (χ4n) is 1.94. The van der Waals surface area contributed by atoms with E-state index in [1.807, 2.05) is 0 Å². The van der Waals surface area contributed by atoms with Gasteiger partial charge in [0.1, 0.15) is 0 Å². The second kappa shape index (κ2) is 7.84. The zero-order chi connectivity index (χ0) is 21.2. The highest BCUT2D eigenvalue weighted by molar-refractivity contribution is 5.98. The zero-order valence-corrected chi connectivity index (χ0v) is 13.9. The number of rotatable bonds is 4. The van der Waals surface area contributed by atoms with E-state index in [0.29, 0.717) is 0 Å². The molecule has 0 spiro atoms. The summed E-state index contributed by atoms with van der Waals surface area (Å²) >= 11 is 0. The number of primary amides is 1. The zero-order valence-electron chi connectivity index (χ0n) is 13.9. The second-order valence-corrected chi connectivity index (χ2v) is 5.72. The summed E-state index contributed by atoms with van der Waals surface area (Å²) in [6, 6.07) is -1.10. The van der Waals surface area contributed by atoms with Crippen molar-refractivity contribution in [3.05, 3.63) is 34.9 Å². The number of ether oxygens (including phenoxy) is 1. The molecule has 27 heavy (non-hydrogen) atoms. The third-order valence-electron chi connectivity index (χ3n) is 3.17. The van der Waals surface area contributed by atoms with Crippen LogP contribution >= 0.6 is 0 Å². The van der Waals surface area contributed by atoms with Gasteiger partial charge in [-0.05, 0) is 24.1 Å². The highest BCUT2D eigenvalue weighted by atomic mass is 19.4. The van der Waals surface area contributed by atoms with Gasteiger partial charge in [0.05, 0.1) is 16.7 Å². The van der Waals surface area contributed by atoms with Crippen LogP contribution in [-0.2, 0) is 21.9 Å². The molecule has 0 bridgehead atoms. The van der Waals surface area contributed by atoms with Crippen molar-refractivity contribution in [2.24, 2.45) is 11.7 Å². The van der Waals surface area contributed by atoms with Crippen LogP contribution in [0.4, 0.5) is 31.1 Å². The van der Waals surface area contributed by atoms with E-state index in [4.69, 9.17) is 10.5 Å². The van der Waals surface area contributed by atoms with Crippen LogP contribution < -0.4 is 11.1 Å². The Labute approximate surface area is 148 Å². The number of amides is 3. The molecule has 0 fully saturated rings. The standard InChI is InChI=1S/C15H14F6N2O4/c1-6(2)10(11(24)23-13(22)26)27-12(25)7-3-8(14(16,17)18)5-9(4-7)15(19,20)21/h3-6,10H,1-2H3,(H3,22,23,24,26)/t10-/m0/s1. The van der Waals surface area contributed by atoms with Gasteiger partial charge in [-0.25, -0.2) is 9.59 Å². The number of nitrogens with two attached hydrogens (primary N) is 1. The summed E-state index contributed by atoms with van der Waals surface area (Å²) in [5, 5.41) is 1.62. The molecule has 0 radical (unpaired) electrons. The molecule has 1 rings (SSSR count). The van der Waals surface area contributed by atoms with Crippen molar-refractivity contribution in [3.8, 4) is 0 Å². The largest absolute Gasteiger partial charge is 0.448 e. The number of nitrogens with one attached hydrogen (secondary N) is 1. The van der Waals surface area contributed by atoms with Gasteiger partial charge in [-0.3, -0.25) is 10.1 Å². The smallest absolute Gasteiger partial charge is 0.416 e. The summed E-state index contributed by atoms with van der Waals surface area (Å²) in [6.07, 6.45) is -12.0. The summed E-state index contributed by atoms with van der Waals surface area (Å²) in [5.74, 6) is -3.54. The predicted octanol–water partition coefficient (Wildman–Crippen LogP) is 3.10. The monoisotopic (exact) mass is 400 g/mol. The third-order valence-corrected chi connectivity index (χ3v) is 3.17. The normalized spacial score (nSPS) is 13.2. The maximum atomic E-state index is 12.8. The number of carbonyl (C=O) groups is 3. The minimum Gasteiger partial charge on any atom is -0.448 e. The van der Waals surface area contributed by atoms with Crippen molar-refractivity contribution in [2.75, 3.05) is 0 Å². The number of imide groups is 1. The first kappa shape index (κ1) is 22.3. The number of esters is 1. The molecule has 3 N–H and O–H groups in total. The van der Waals surface area contributed by atoms with Crippen LogP contribution in [0.2, 0.25) is 0 Å². The van der Waals surface area contributed by atoms with E-state index >= 15 is 0 Å². The molecule has 12 heteroatoms. The maximum absolute atomic E-state index is 12.8. The summed E-state index contributed by atoms with van der Waals surface area (Å²) < 4.78 is 81.7. The van der Waals surface area contributed by atoms with E-state index in [2.05, 4.69) is 0 Å². The second-order valence-electron chi connectivity index (χ2n) is 5.72. The fraction of sp³-hybridized carbons (Fsp3) is 0.400. The lowest BCUT2D eigenvalue weighted by Gasteiger charge is -2.20. The Morgan fingerprint density at radius 3 is 1.74 bits per heavy atom. The van der Waals surface area contributed by atoms with Gasteiger partial charge in [0.2, 0.25) is 0 Å². The molecule has 0 aromatic heterocycles. The number of hydrogen-bond donors (Lipinski definition) is 2. The van der Waals surface area contributed by atoms with Crippen LogP contribution in [-0.4, -0.2) is 24.0 Å². The average molecular weight is 400 g/mol. The topological polar surface area (TPSA) is 98.5 Å². The molecule has 0 saturated heterocycles. The van der Waals surface area contributed by atoms with Gasteiger partial charge in [0.25, 0.3) is 5.91 Å². The Bertz CT molecular complexity index is 711. The molecule has 0 aliphatic heterocycles. The van der Waals surface area contributed by atoms with Gasteiger partial charge in [0, 0.05) is 0 Å². The van der Waals surface area contributed by atoms with Gasteiger partial charge in [0.15, 0.2) is 6.10 Å². The lowest BCUT2D eigenvalue weighted by atomic mass is 10.0. The van der Waals surface area contributed by atoms with E-state index in [1.165, 1.54) is 13.8 Å². The first-order valence-corrected chi connectivity index (χ1v) is 7.23. The number of alkyl halides is 6. The molecule has 0 unspecified atom stereocenters. The van der Waals surface area contributed by atoms with Crippen LogP contribution in [0.3, 0.4) is 0 Å². The number of benzene rings is 1.